The Hall–Kier alpha value is -3.15. The zero-order valence-electron chi connectivity index (χ0n) is 15.2. The van der Waals surface area contributed by atoms with Gasteiger partial charge in [0.15, 0.2) is 0 Å². The molecule has 0 saturated heterocycles. The maximum atomic E-state index is 13.2. The Labute approximate surface area is 157 Å². The number of benzene rings is 2. The number of methoxy groups -OCH3 is 1. The second kappa shape index (κ2) is 8.03. The van der Waals surface area contributed by atoms with Crippen LogP contribution in [0.4, 0.5) is 10.1 Å². The van der Waals surface area contributed by atoms with Crippen LogP contribution in [0.5, 0.6) is 5.75 Å². The van der Waals surface area contributed by atoms with E-state index in [1.807, 2.05) is 25.1 Å². The van der Waals surface area contributed by atoms with E-state index in [0.717, 1.165) is 5.56 Å². The van der Waals surface area contributed by atoms with Gasteiger partial charge in [0.1, 0.15) is 11.6 Å². The second-order valence-electron chi connectivity index (χ2n) is 6.27. The smallest absolute Gasteiger partial charge is 0.253 e. The molecule has 2 amide bonds. The molecule has 0 saturated carbocycles. The van der Waals surface area contributed by atoms with E-state index in [9.17, 15) is 14.0 Å². The van der Waals surface area contributed by atoms with E-state index in [4.69, 9.17) is 4.74 Å². The second-order valence-corrected chi connectivity index (χ2v) is 6.27. The van der Waals surface area contributed by atoms with E-state index in [2.05, 4.69) is 10.6 Å². The molecule has 27 heavy (non-hydrogen) atoms. The quantitative estimate of drug-likeness (QED) is 0.849. The first kappa shape index (κ1) is 18.6. The number of amides is 2. The van der Waals surface area contributed by atoms with Crippen LogP contribution in [0, 0.1) is 5.82 Å². The van der Waals surface area contributed by atoms with E-state index in [1.165, 1.54) is 18.3 Å². The minimum Gasteiger partial charge on any atom is -0.496 e. The molecule has 6 heteroatoms. The fraction of sp³-hybridized carbons (Fsp3) is 0.238. The zero-order valence-corrected chi connectivity index (χ0v) is 15.2. The predicted molar refractivity (Wildman–Crippen MR) is 101 cm³/mol. The lowest BCUT2D eigenvalue weighted by Crippen LogP contribution is -2.32. The molecule has 0 fully saturated rings. The molecule has 140 valence electrons. The number of anilines is 1. The fourth-order valence-electron chi connectivity index (χ4n) is 3.26. The highest BCUT2D eigenvalue weighted by Crippen LogP contribution is 2.32. The SMILES string of the molecule is CCc1c(NC(=O)C2=CNC(=O)CC2c2ccc(F)cc2)cccc1OC. The minimum atomic E-state index is -0.435. The molecule has 2 aromatic rings. The predicted octanol–water partition coefficient (Wildman–Crippen LogP) is 3.52. The molecule has 0 radical (unpaired) electrons. The third kappa shape index (κ3) is 4.00. The molecule has 1 atom stereocenters. The van der Waals surface area contributed by atoms with Gasteiger partial charge in [-0.25, -0.2) is 4.39 Å². The lowest BCUT2D eigenvalue weighted by Gasteiger charge is -2.24. The highest BCUT2D eigenvalue weighted by atomic mass is 19.1. The van der Waals surface area contributed by atoms with Gasteiger partial charge in [0, 0.05) is 35.4 Å². The molecule has 3 rings (SSSR count). The normalized spacial score (nSPS) is 16.3. The van der Waals surface area contributed by atoms with Crippen LogP contribution in [0.1, 0.15) is 30.4 Å². The van der Waals surface area contributed by atoms with Crippen molar-refractivity contribution in [3.05, 3.63) is 71.2 Å². The Morgan fingerprint density at radius 2 is 2.00 bits per heavy atom. The third-order valence-corrected chi connectivity index (χ3v) is 4.64. The van der Waals surface area contributed by atoms with Gasteiger partial charge in [0.05, 0.1) is 7.11 Å². The Bertz CT molecular complexity index is 891. The van der Waals surface area contributed by atoms with Crippen molar-refractivity contribution < 1.29 is 18.7 Å². The van der Waals surface area contributed by atoms with Crippen molar-refractivity contribution in [3.63, 3.8) is 0 Å². The monoisotopic (exact) mass is 368 g/mol. The van der Waals surface area contributed by atoms with Crippen LogP contribution < -0.4 is 15.4 Å². The van der Waals surface area contributed by atoms with Gasteiger partial charge in [-0.2, -0.15) is 0 Å². The number of ether oxygens (including phenoxy) is 1. The molecular weight excluding hydrogens is 347 g/mol. The van der Waals surface area contributed by atoms with Crippen LogP contribution in [0.25, 0.3) is 0 Å². The van der Waals surface area contributed by atoms with Gasteiger partial charge in [-0.1, -0.05) is 25.1 Å². The maximum Gasteiger partial charge on any atom is 0.253 e. The van der Waals surface area contributed by atoms with Crippen molar-refractivity contribution in [3.8, 4) is 5.75 Å². The summed E-state index contributed by atoms with van der Waals surface area (Å²) in [7, 11) is 1.59. The first-order valence-electron chi connectivity index (χ1n) is 8.75. The molecule has 0 spiro atoms. The number of hydrogen-bond acceptors (Lipinski definition) is 3. The number of nitrogens with one attached hydrogen (secondary N) is 2. The summed E-state index contributed by atoms with van der Waals surface area (Å²) in [6.45, 7) is 1.98. The highest BCUT2D eigenvalue weighted by Gasteiger charge is 2.29. The summed E-state index contributed by atoms with van der Waals surface area (Å²) in [5, 5.41) is 5.52. The molecular formula is C21H21FN2O3. The fourth-order valence-corrected chi connectivity index (χ4v) is 3.26. The van der Waals surface area contributed by atoms with Gasteiger partial charge in [-0.05, 0) is 36.2 Å². The Morgan fingerprint density at radius 3 is 2.67 bits per heavy atom. The standard InChI is InChI=1S/C21H21FN2O3/c1-3-15-18(5-4-6-19(15)27-2)24-21(26)17-12-23-20(25)11-16(17)13-7-9-14(22)10-8-13/h4-10,12,16H,3,11H2,1-2H3,(H,23,25)(H,24,26). The first-order valence-corrected chi connectivity index (χ1v) is 8.75. The van der Waals surface area contributed by atoms with Gasteiger partial charge in [-0.15, -0.1) is 0 Å². The minimum absolute atomic E-state index is 0.129. The third-order valence-electron chi connectivity index (χ3n) is 4.64. The maximum absolute atomic E-state index is 13.2. The van der Waals surface area contributed by atoms with E-state index in [1.54, 1.807) is 19.2 Å². The number of hydrogen-bond donors (Lipinski definition) is 2. The summed E-state index contributed by atoms with van der Waals surface area (Å²) >= 11 is 0. The van der Waals surface area contributed by atoms with Crippen molar-refractivity contribution in [2.24, 2.45) is 0 Å². The average molecular weight is 368 g/mol. The molecule has 1 unspecified atom stereocenters. The van der Waals surface area contributed by atoms with Crippen molar-refractivity contribution in [2.45, 2.75) is 25.7 Å². The number of rotatable bonds is 5. The van der Waals surface area contributed by atoms with Crippen LogP contribution in [0.15, 0.2) is 54.2 Å². The van der Waals surface area contributed by atoms with E-state index in [-0.39, 0.29) is 24.1 Å². The summed E-state index contributed by atoms with van der Waals surface area (Å²) in [6, 6.07) is 11.3. The lowest BCUT2D eigenvalue weighted by atomic mass is 9.86. The van der Waals surface area contributed by atoms with Gasteiger partial charge < -0.3 is 15.4 Å². The van der Waals surface area contributed by atoms with E-state index < -0.39 is 5.92 Å². The van der Waals surface area contributed by atoms with Crippen molar-refractivity contribution in [1.29, 1.82) is 0 Å². The van der Waals surface area contributed by atoms with Crippen molar-refractivity contribution in [2.75, 3.05) is 12.4 Å². The molecule has 0 aliphatic carbocycles. The van der Waals surface area contributed by atoms with Crippen LogP contribution >= 0.6 is 0 Å². The van der Waals surface area contributed by atoms with Crippen molar-refractivity contribution >= 4 is 17.5 Å². The van der Waals surface area contributed by atoms with Gasteiger partial charge in [0.25, 0.3) is 5.91 Å². The summed E-state index contributed by atoms with van der Waals surface area (Å²) in [6.07, 6.45) is 2.25. The van der Waals surface area contributed by atoms with Gasteiger partial charge >= 0.3 is 0 Å². The van der Waals surface area contributed by atoms with Gasteiger partial charge in [0.2, 0.25) is 5.91 Å². The molecule has 0 aromatic heterocycles. The number of carbonyl (C=O) groups is 2. The first-order chi connectivity index (χ1) is 13.0. The summed E-state index contributed by atoms with van der Waals surface area (Å²) in [5.41, 5.74) is 2.70. The lowest BCUT2D eigenvalue weighted by molar-refractivity contribution is -0.121. The molecule has 2 aromatic carbocycles. The Balaban J connectivity index is 1.90. The Kier molecular flexibility index (Phi) is 5.54. The van der Waals surface area contributed by atoms with E-state index >= 15 is 0 Å². The van der Waals surface area contributed by atoms with Crippen LogP contribution in [0.2, 0.25) is 0 Å². The highest BCUT2D eigenvalue weighted by molar-refractivity contribution is 6.06. The zero-order chi connectivity index (χ0) is 19.4. The molecule has 1 aliphatic heterocycles. The van der Waals surface area contributed by atoms with E-state index in [0.29, 0.717) is 29.0 Å². The van der Waals surface area contributed by atoms with Crippen molar-refractivity contribution in [1.82, 2.24) is 5.32 Å². The molecule has 5 nitrogen and oxygen atoms in total. The topological polar surface area (TPSA) is 67.4 Å². The average Bonchev–Trinajstić information content (AvgIpc) is 2.68. The number of halogens is 1. The molecule has 1 aliphatic rings. The molecule has 2 N–H and O–H groups in total. The van der Waals surface area contributed by atoms with Crippen LogP contribution in [0.3, 0.4) is 0 Å². The number of carbonyl (C=O) groups excluding carboxylic acids is 2. The van der Waals surface area contributed by atoms with Gasteiger partial charge in [-0.3, -0.25) is 9.59 Å². The van der Waals surface area contributed by atoms with Crippen LogP contribution in [-0.2, 0) is 16.0 Å². The summed E-state index contributed by atoms with van der Waals surface area (Å²) in [4.78, 5) is 24.8. The molecule has 0 bridgehead atoms. The van der Waals surface area contributed by atoms with Crippen LogP contribution in [-0.4, -0.2) is 18.9 Å². The Morgan fingerprint density at radius 1 is 1.26 bits per heavy atom. The molecule has 1 heterocycles. The largest absolute Gasteiger partial charge is 0.496 e. The summed E-state index contributed by atoms with van der Waals surface area (Å²) < 4.78 is 18.6. The summed E-state index contributed by atoms with van der Waals surface area (Å²) in [5.74, 6) is -0.590.